The molecule has 0 saturated carbocycles. The molecule has 1 aliphatic rings. The maximum absolute atomic E-state index is 5.41. The number of rotatable bonds is 6. The van der Waals surface area contributed by atoms with Gasteiger partial charge in [-0.25, -0.2) is 0 Å². The number of morpholine rings is 1. The Morgan fingerprint density at radius 3 is 2.35 bits per heavy atom. The van der Waals surface area contributed by atoms with Crippen molar-refractivity contribution in [3.05, 3.63) is 35.4 Å². The Labute approximate surface area is 123 Å². The molecule has 3 heteroatoms. The summed E-state index contributed by atoms with van der Waals surface area (Å²) < 4.78 is 5.41. The molecular formula is C17H28N2O. The van der Waals surface area contributed by atoms with Crippen LogP contribution >= 0.6 is 0 Å². The van der Waals surface area contributed by atoms with Crippen LogP contribution in [0.1, 0.15) is 31.0 Å². The summed E-state index contributed by atoms with van der Waals surface area (Å²) in [7, 11) is 2.05. The van der Waals surface area contributed by atoms with E-state index in [1.54, 1.807) is 0 Å². The lowest BCUT2D eigenvalue weighted by molar-refractivity contribution is 0.0338. The summed E-state index contributed by atoms with van der Waals surface area (Å²) in [6.45, 7) is 9.41. The maximum atomic E-state index is 5.41. The van der Waals surface area contributed by atoms with Gasteiger partial charge in [-0.05, 0) is 30.5 Å². The van der Waals surface area contributed by atoms with E-state index in [0.29, 0.717) is 12.0 Å². The van der Waals surface area contributed by atoms with Gasteiger partial charge in [-0.3, -0.25) is 4.90 Å². The van der Waals surface area contributed by atoms with E-state index >= 15 is 0 Å². The fraction of sp³-hybridized carbons (Fsp3) is 0.647. The molecule has 0 bridgehead atoms. The molecule has 112 valence electrons. The zero-order chi connectivity index (χ0) is 14.4. The van der Waals surface area contributed by atoms with Crippen molar-refractivity contribution in [2.75, 3.05) is 39.9 Å². The van der Waals surface area contributed by atoms with Gasteiger partial charge in [-0.2, -0.15) is 0 Å². The molecule has 1 N–H and O–H groups in total. The Morgan fingerprint density at radius 2 is 1.80 bits per heavy atom. The molecular weight excluding hydrogens is 248 g/mol. The molecule has 1 aliphatic heterocycles. The highest BCUT2D eigenvalue weighted by Gasteiger charge is 2.16. The molecule has 0 amide bonds. The van der Waals surface area contributed by atoms with E-state index in [1.807, 2.05) is 7.05 Å². The van der Waals surface area contributed by atoms with E-state index in [-0.39, 0.29) is 0 Å². The predicted octanol–water partition coefficient (Wildman–Crippen LogP) is 2.48. The number of nitrogens with zero attached hydrogens (tertiary/aromatic N) is 1. The summed E-state index contributed by atoms with van der Waals surface area (Å²) in [5.41, 5.74) is 2.82. The fourth-order valence-corrected chi connectivity index (χ4v) is 2.76. The quantitative estimate of drug-likeness (QED) is 0.864. The Hall–Kier alpha value is -0.900. The van der Waals surface area contributed by atoms with E-state index < -0.39 is 0 Å². The van der Waals surface area contributed by atoms with E-state index in [1.165, 1.54) is 11.1 Å². The third kappa shape index (κ3) is 4.58. The van der Waals surface area contributed by atoms with Gasteiger partial charge >= 0.3 is 0 Å². The molecule has 1 fully saturated rings. The number of nitrogens with one attached hydrogen (secondary N) is 1. The second-order valence-electron chi connectivity index (χ2n) is 6.09. The lowest BCUT2D eigenvalue weighted by atomic mass is 9.99. The first kappa shape index (κ1) is 15.5. The zero-order valence-corrected chi connectivity index (χ0v) is 13.1. The molecule has 1 atom stereocenters. The van der Waals surface area contributed by atoms with Gasteiger partial charge in [-0.15, -0.1) is 0 Å². The molecule has 1 heterocycles. The topological polar surface area (TPSA) is 24.5 Å². The molecule has 1 aromatic rings. The van der Waals surface area contributed by atoms with Crippen LogP contribution in [0.4, 0.5) is 0 Å². The van der Waals surface area contributed by atoms with Crippen LogP contribution in [-0.2, 0) is 11.2 Å². The van der Waals surface area contributed by atoms with Crippen molar-refractivity contribution < 1.29 is 4.74 Å². The third-order valence-corrected chi connectivity index (χ3v) is 3.92. The van der Waals surface area contributed by atoms with Gasteiger partial charge in [-0.1, -0.05) is 38.1 Å². The van der Waals surface area contributed by atoms with Gasteiger partial charge in [0.1, 0.15) is 0 Å². The maximum Gasteiger partial charge on any atom is 0.0594 e. The van der Waals surface area contributed by atoms with Gasteiger partial charge in [0.15, 0.2) is 0 Å². The number of benzene rings is 1. The normalized spacial score (nSPS) is 18.4. The number of hydrogen-bond acceptors (Lipinski definition) is 3. The highest BCUT2D eigenvalue weighted by atomic mass is 16.5. The Balaban J connectivity index is 1.95. The SMILES string of the molecule is CNC(CN1CCOCC1)c1ccc(CC(C)C)cc1. The van der Waals surface area contributed by atoms with Crippen molar-refractivity contribution in [3.63, 3.8) is 0 Å². The van der Waals surface area contributed by atoms with Crippen molar-refractivity contribution in [1.29, 1.82) is 0 Å². The van der Waals surface area contributed by atoms with Crippen molar-refractivity contribution in [1.82, 2.24) is 10.2 Å². The first-order valence-electron chi connectivity index (χ1n) is 7.75. The minimum absolute atomic E-state index is 0.404. The first-order chi connectivity index (χ1) is 9.69. The summed E-state index contributed by atoms with van der Waals surface area (Å²) in [6, 6.07) is 9.51. The molecule has 1 unspecified atom stereocenters. The van der Waals surface area contributed by atoms with Crippen LogP contribution in [0.2, 0.25) is 0 Å². The summed E-state index contributed by atoms with van der Waals surface area (Å²) in [5, 5.41) is 3.44. The van der Waals surface area contributed by atoms with Gasteiger partial charge < -0.3 is 10.1 Å². The highest BCUT2D eigenvalue weighted by molar-refractivity contribution is 5.25. The van der Waals surface area contributed by atoms with E-state index in [2.05, 4.69) is 48.3 Å². The molecule has 1 aromatic carbocycles. The van der Waals surface area contributed by atoms with Crippen LogP contribution in [0.25, 0.3) is 0 Å². The number of likely N-dealkylation sites (N-methyl/N-ethyl adjacent to an activating group) is 1. The molecule has 1 saturated heterocycles. The van der Waals surface area contributed by atoms with Crippen molar-refractivity contribution in [3.8, 4) is 0 Å². The lowest BCUT2D eigenvalue weighted by Gasteiger charge is -2.30. The van der Waals surface area contributed by atoms with Crippen LogP contribution in [0.5, 0.6) is 0 Å². The second-order valence-corrected chi connectivity index (χ2v) is 6.09. The van der Waals surface area contributed by atoms with Crippen molar-refractivity contribution in [2.24, 2.45) is 5.92 Å². The van der Waals surface area contributed by atoms with Crippen molar-refractivity contribution >= 4 is 0 Å². The standard InChI is InChI=1S/C17H28N2O/c1-14(2)12-15-4-6-16(7-5-15)17(18-3)13-19-8-10-20-11-9-19/h4-7,14,17-18H,8-13H2,1-3H3. The summed E-state index contributed by atoms with van der Waals surface area (Å²) in [4.78, 5) is 2.48. The molecule has 2 rings (SSSR count). The minimum Gasteiger partial charge on any atom is -0.379 e. The molecule has 0 aliphatic carbocycles. The van der Waals surface area contributed by atoms with Crippen LogP contribution in [0.15, 0.2) is 24.3 Å². The summed E-state index contributed by atoms with van der Waals surface area (Å²) in [5.74, 6) is 0.717. The van der Waals surface area contributed by atoms with Crippen LogP contribution < -0.4 is 5.32 Å². The Morgan fingerprint density at radius 1 is 1.15 bits per heavy atom. The van der Waals surface area contributed by atoms with Crippen LogP contribution in [0, 0.1) is 5.92 Å². The molecule has 0 aromatic heterocycles. The van der Waals surface area contributed by atoms with E-state index in [9.17, 15) is 0 Å². The lowest BCUT2D eigenvalue weighted by Crippen LogP contribution is -2.41. The van der Waals surface area contributed by atoms with E-state index in [4.69, 9.17) is 4.74 Å². The second kappa shape index (κ2) is 7.77. The van der Waals surface area contributed by atoms with Gasteiger partial charge in [0.25, 0.3) is 0 Å². The van der Waals surface area contributed by atoms with E-state index in [0.717, 1.165) is 39.3 Å². The average molecular weight is 276 g/mol. The fourth-order valence-electron chi connectivity index (χ4n) is 2.76. The minimum atomic E-state index is 0.404. The smallest absolute Gasteiger partial charge is 0.0594 e. The van der Waals surface area contributed by atoms with Gasteiger partial charge in [0.05, 0.1) is 13.2 Å². The predicted molar refractivity (Wildman–Crippen MR) is 84.0 cm³/mol. The molecule has 0 spiro atoms. The largest absolute Gasteiger partial charge is 0.379 e. The average Bonchev–Trinajstić information content (AvgIpc) is 2.46. The van der Waals surface area contributed by atoms with Crippen LogP contribution in [0.3, 0.4) is 0 Å². The summed E-state index contributed by atoms with van der Waals surface area (Å²) >= 11 is 0. The zero-order valence-electron chi connectivity index (χ0n) is 13.1. The third-order valence-electron chi connectivity index (χ3n) is 3.92. The summed E-state index contributed by atoms with van der Waals surface area (Å²) in [6.07, 6.45) is 1.16. The number of ether oxygens (including phenoxy) is 1. The van der Waals surface area contributed by atoms with Crippen molar-refractivity contribution in [2.45, 2.75) is 26.3 Å². The monoisotopic (exact) mass is 276 g/mol. The number of hydrogen-bond donors (Lipinski definition) is 1. The van der Waals surface area contributed by atoms with Gasteiger partial charge in [0, 0.05) is 25.7 Å². The van der Waals surface area contributed by atoms with Crippen LogP contribution in [-0.4, -0.2) is 44.8 Å². The van der Waals surface area contributed by atoms with Gasteiger partial charge in [0.2, 0.25) is 0 Å². The molecule has 0 radical (unpaired) electrons. The molecule has 3 nitrogen and oxygen atoms in total. The molecule has 20 heavy (non-hydrogen) atoms. The Bertz CT molecular complexity index is 382. The first-order valence-corrected chi connectivity index (χ1v) is 7.75. The Kier molecular flexibility index (Phi) is 6.02. The highest BCUT2D eigenvalue weighted by Crippen LogP contribution is 2.17.